The first kappa shape index (κ1) is 14.7. The molecular formula is C11H7BrN4O5. The van der Waals surface area contributed by atoms with E-state index in [1.165, 1.54) is 18.2 Å². The van der Waals surface area contributed by atoms with E-state index in [0.29, 0.717) is 0 Å². The molecule has 10 heteroatoms. The van der Waals surface area contributed by atoms with Gasteiger partial charge in [-0.25, -0.2) is 4.79 Å². The Labute approximate surface area is 125 Å². The number of H-pyrrole nitrogens is 1. The maximum Gasteiger partial charge on any atom is 0.353 e. The normalized spacial score (nSPS) is 10.1. The van der Waals surface area contributed by atoms with Crippen LogP contribution in [0.15, 0.2) is 28.7 Å². The fourth-order valence-electron chi connectivity index (χ4n) is 1.52. The standard InChI is InChI=1S/C11H7BrN4O5/c12-9-5(2-1-3-7(9)16(20)21)10(17)13-8-4-6(11(18)19)14-15-8/h1-4H,(H,18,19)(H2,13,14,15,17). The smallest absolute Gasteiger partial charge is 0.353 e. The molecule has 1 aromatic carbocycles. The van der Waals surface area contributed by atoms with Crippen molar-refractivity contribution in [2.45, 2.75) is 0 Å². The molecule has 0 unspecified atom stereocenters. The van der Waals surface area contributed by atoms with Crippen LogP contribution in [0.1, 0.15) is 20.8 Å². The van der Waals surface area contributed by atoms with Crippen molar-refractivity contribution in [3.05, 3.63) is 50.1 Å². The summed E-state index contributed by atoms with van der Waals surface area (Å²) < 4.78 is 0.0292. The highest BCUT2D eigenvalue weighted by molar-refractivity contribution is 9.10. The van der Waals surface area contributed by atoms with Crippen molar-refractivity contribution < 1.29 is 19.6 Å². The molecule has 0 aliphatic heterocycles. The lowest BCUT2D eigenvalue weighted by atomic mass is 10.2. The number of nitrogens with one attached hydrogen (secondary N) is 2. The zero-order valence-electron chi connectivity index (χ0n) is 10.2. The Morgan fingerprint density at radius 1 is 1.43 bits per heavy atom. The second-order valence-corrected chi connectivity index (χ2v) is 4.61. The van der Waals surface area contributed by atoms with Crippen molar-refractivity contribution in [1.29, 1.82) is 0 Å². The molecule has 2 aromatic rings. The number of carbonyl (C=O) groups is 2. The van der Waals surface area contributed by atoms with E-state index in [2.05, 4.69) is 31.4 Å². The summed E-state index contributed by atoms with van der Waals surface area (Å²) in [6.45, 7) is 0. The lowest BCUT2D eigenvalue weighted by molar-refractivity contribution is -0.385. The van der Waals surface area contributed by atoms with Crippen LogP contribution in [0, 0.1) is 10.1 Å². The maximum absolute atomic E-state index is 12.0. The number of aromatic nitrogens is 2. The van der Waals surface area contributed by atoms with Crippen LogP contribution in [0.3, 0.4) is 0 Å². The Morgan fingerprint density at radius 2 is 2.14 bits per heavy atom. The molecule has 2 rings (SSSR count). The predicted molar refractivity (Wildman–Crippen MR) is 74.3 cm³/mol. The number of aromatic carboxylic acids is 1. The number of aromatic amines is 1. The van der Waals surface area contributed by atoms with E-state index in [9.17, 15) is 19.7 Å². The molecule has 0 aliphatic rings. The average molecular weight is 355 g/mol. The molecule has 0 radical (unpaired) electrons. The number of amides is 1. The van der Waals surface area contributed by atoms with Gasteiger partial charge in [0.25, 0.3) is 11.6 Å². The summed E-state index contributed by atoms with van der Waals surface area (Å²) in [6, 6.07) is 5.13. The molecule has 0 atom stereocenters. The number of carboxylic acid groups (broad SMARTS) is 1. The zero-order valence-corrected chi connectivity index (χ0v) is 11.7. The van der Waals surface area contributed by atoms with Crippen molar-refractivity contribution in [2.24, 2.45) is 0 Å². The van der Waals surface area contributed by atoms with Gasteiger partial charge in [-0.3, -0.25) is 20.0 Å². The van der Waals surface area contributed by atoms with E-state index in [4.69, 9.17) is 5.11 Å². The monoisotopic (exact) mass is 354 g/mol. The predicted octanol–water partition coefficient (Wildman–Crippen LogP) is 2.03. The molecular weight excluding hydrogens is 348 g/mol. The fraction of sp³-hybridized carbons (Fsp3) is 0. The molecule has 1 amide bonds. The fourth-order valence-corrected chi connectivity index (χ4v) is 2.10. The first-order chi connectivity index (χ1) is 9.90. The molecule has 9 nitrogen and oxygen atoms in total. The molecule has 1 heterocycles. The summed E-state index contributed by atoms with van der Waals surface area (Å²) in [5, 5.41) is 27.7. The summed E-state index contributed by atoms with van der Waals surface area (Å²) in [5.41, 5.74) is -0.414. The SMILES string of the molecule is O=C(O)c1cc(NC(=O)c2cccc([N+](=O)[O-])c2Br)n[nH]1. The van der Waals surface area contributed by atoms with Crippen molar-refractivity contribution in [3.8, 4) is 0 Å². The molecule has 0 saturated carbocycles. The molecule has 0 saturated heterocycles. The van der Waals surface area contributed by atoms with E-state index < -0.39 is 16.8 Å². The quantitative estimate of drug-likeness (QED) is 0.567. The first-order valence-electron chi connectivity index (χ1n) is 5.43. The van der Waals surface area contributed by atoms with E-state index in [1.807, 2.05) is 0 Å². The number of anilines is 1. The second kappa shape index (κ2) is 5.71. The number of nitro benzene ring substituents is 1. The number of carbonyl (C=O) groups excluding carboxylic acids is 1. The number of carboxylic acids is 1. The number of hydrogen-bond donors (Lipinski definition) is 3. The zero-order chi connectivity index (χ0) is 15.6. The van der Waals surface area contributed by atoms with Gasteiger partial charge in [-0.15, -0.1) is 0 Å². The van der Waals surface area contributed by atoms with Crippen molar-refractivity contribution >= 4 is 39.3 Å². The van der Waals surface area contributed by atoms with Crippen LogP contribution in [0.4, 0.5) is 11.5 Å². The van der Waals surface area contributed by atoms with E-state index in [1.54, 1.807) is 0 Å². The van der Waals surface area contributed by atoms with E-state index in [-0.39, 0.29) is 27.2 Å². The Morgan fingerprint density at radius 3 is 2.71 bits per heavy atom. The minimum Gasteiger partial charge on any atom is -0.477 e. The van der Waals surface area contributed by atoms with Crippen LogP contribution < -0.4 is 5.32 Å². The number of hydrogen-bond acceptors (Lipinski definition) is 5. The molecule has 21 heavy (non-hydrogen) atoms. The van der Waals surface area contributed by atoms with Gasteiger partial charge in [0.2, 0.25) is 0 Å². The van der Waals surface area contributed by atoms with Gasteiger partial charge in [-0.1, -0.05) is 6.07 Å². The Balaban J connectivity index is 2.26. The van der Waals surface area contributed by atoms with Crippen LogP contribution in [-0.4, -0.2) is 32.1 Å². The molecule has 108 valence electrons. The Bertz CT molecular complexity index is 742. The third-order valence-corrected chi connectivity index (χ3v) is 3.30. The molecule has 0 aliphatic carbocycles. The summed E-state index contributed by atoms with van der Waals surface area (Å²) in [7, 11) is 0. The molecule has 0 bridgehead atoms. The number of benzene rings is 1. The van der Waals surface area contributed by atoms with Gasteiger partial charge in [0.1, 0.15) is 10.2 Å². The third kappa shape index (κ3) is 3.05. The van der Waals surface area contributed by atoms with E-state index >= 15 is 0 Å². The summed E-state index contributed by atoms with van der Waals surface area (Å²) >= 11 is 3.00. The topological polar surface area (TPSA) is 138 Å². The molecule has 0 fully saturated rings. The molecule has 1 aromatic heterocycles. The van der Waals surface area contributed by atoms with Crippen LogP contribution >= 0.6 is 15.9 Å². The Hall–Kier alpha value is -2.75. The average Bonchev–Trinajstić information content (AvgIpc) is 2.87. The highest BCUT2D eigenvalue weighted by Gasteiger charge is 2.20. The second-order valence-electron chi connectivity index (χ2n) is 3.82. The van der Waals surface area contributed by atoms with Gasteiger partial charge in [0.05, 0.1) is 10.5 Å². The van der Waals surface area contributed by atoms with E-state index in [0.717, 1.165) is 6.07 Å². The van der Waals surface area contributed by atoms with Crippen molar-refractivity contribution in [3.63, 3.8) is 0 Å². The number of rotatable bonds is 4. The van der Waals surface area contributed by atoms with Gasteiger partial charge < -0.3 is 10.4 Å². The maximum atomic E-state index is 12.0. The van der Waals surface area contributed by atoms with Gasteiger partial charge in [0, 0.05) is 12.1 Å². The van der Waals surface area contributed by atoms with Gasteiger partial charge >= 0.3 is 5.97 Å². The molecule has 0 spiro atoms. The summed E-state index contributed by atoms with van der Waals surface area (Å²) in [4.78, 5) is 32.9. The van der Waals surface area contributed by atoms with Crippen molar-refractivity contribution in [1.82, 2.24) is 10.2 Å². The van der Waals surface area contributed by atoms with Gasteiger partial charge in [0.15, 0.2) is 5.82 Å². The molecule has 3 N–H and O–H groups in total. The lowest BCUT2D eigenvalue weighted by Gasteiger charge is -2.04. The van der Waals surface area contributed by atoms with Crippen molar-refractivity contribution in [2.75, 3.05) is 5.32 Å². The van der Waals surface area contributed by atoms with Gasteiger partial charge in [-0.2, -0.15) is 5.10 Å². The number of nitro groups is 1. The van der Waals surface area contributed by atoms with Crippen LogP contribution in [0.5, 0.6) is 0 Å². The first-order valence-corrected chi connectivity index (χ1v) is 6.22. The Kier molecular flexibility index (Phi) is 3.98. The summed E-state index contributed by atoms with van der Waals surface area (Å²) in [6.07, 6.45) is 0. The third-order valence-electron chi connectivity index (χ3n) is 2.47. The number of halogens is 1. The number of nitrogens with zero attached hydrogens (tertiary/aromatic N) is 2. The lowest BCUT2D eigenvalue weighted by Crippen LogP contribution is -2.13. The van der Waals surface area contributed by atoms with Crippen LogP contribution in [-0.2, 0) is 0 Å². The van der Waals surface area contributed by atoms with Crippen LogP contribution in [0.25, 0.3) is 0 Å². The highest BCUT2D eigenvalue weighted by Crippen LogP contribution is 2.28. The highest BCUT2D eigenvalue weighted by atomic mass is 79.9. The summed E-state index contributed by atoms with van der Waals surface area (Å²) in [5.74, 6) is -1.88. The minimum atomic E-state index is -1.22. The van der Waals surface area contributed by atoms with Crippen LogP contribution in [0.2, 0.25) is 0 Å². The van der Waals surface area contributed by atoms with Gasteiger partial charge in [-0.05, 0) is 22.0 Å². The minimum absolute atomic E-state index is 0.00388. The largest absolute Gasteiger partial charge is 0.477 e.